The van der Waals surface area contributed by atoms with Gasteiger partial charge < -0.3 is 30.0 Å². The van der Waals surface area contributed by atoms with Crippen molar-refractivity contribution < 1.29 is 19.3 Å². The van der Waals surface area contributed by atoms with E-state index in [4.69, 9.17) is 14.2 Å². The van der Waals surface area contributed by atoms with Crippen LogP contribution in [0.1, 0.15) is 38.0 Å². The van der Waals surface area contributed by atoms with E-state index in [0.717, 1.165) is 34.9 Å². The summed E-state index contributed by atoms with van der Waals surface area (Å²) in [5.74, 6) is 2.89. The lowest BCUT2D eigenvalue weighted by Crippen LogP contribution is -2.39. The summed E-state index contributed by atoms with van der Waals surface area (Å²) < 4.78 is 16.4. The molecule has 0 aliphatic carbocycles. The van der Waals surface area contributed by atoms with Gasteiger partial charge in [0.05, 0.1) is 18.8 Å². The first kappa shape index (κ1) is 20.8. The monoisotopic (exact) mass is 399 g/mol. The number of ether oxygens (including phenoxy) is 3. The molecule has 2 aromatic carbocycles. The van der Waals surface area contributed by atoms with Crippen LogP contribution in [0.5, 0.6) is 17.2 Å². The highest BCUT2D eigenvalue weighted by atomic mass is 16.7. The number of rotatable bonds is 8. The van der Waals surface area contributed by atoms with Crippen LogP contribution >= 0.6 is 0 Å². The number of fused-ring (bicyclic) bond motifs is 1. The molecule has 1 heterocycles. The summed E-state index contributed by atoms with van der Waals surface area (Å²) in [6.07, 6.45) is -0.593. The Morgan fingerprint density at radius 2 is 1.97 bits per heavy atom. The SMILES string of the molecule is CCNC(=NCc1ccc2c(c1)OCO2)NCC(O)c1cccc(OC(C)C)c1. The maximum Gasteiger partial charge on any atom is 0.231 e. The number of hydrogen-bond donors (Lipinski definition) is 3. The number of guanidine groups is 1. The largest absolute Gasteiger partial charge is 0.491 e. The van der Waals surface area contributed by atoms with E-state index in [1.54, 1.807) is 0 Å². The van der Waals surface area contributed by atoms with Gasteiger partial charge in [0.2, 0.25) is 6.79 Å². The van der Waals surface area contributed by atoms with Crippen LogP contribution < -0.4 is 24.8 Å². The van der Waals surface area contributed by atoms with Crippen molar-refractivity contribution >= 4 is 5.96 Å². The molecule has 0 saturated heterocycles. The zero-order valence-corrected chi connectivity index (χ0v) is 17.1. The quantitative estimate of drug-likeness (QED) is 0.468. The van der Waals surface area contributed by atoms with Gasteiger partial charge in [-0.05, 0) is 56.2 Å². The first-order valence-electron chi connectivity index (χ1n) is 9.90. The van der Waals surface area contributed by atoms with E-state index in [1.165, 1.54) is 0 Å². The van der Waals surface area contributed by atoms with E-state index < -0.39 is 6.10 Å². The van der Waals surface area contributed by atoms with Crippen LogP contribution in [0, 0.1) is 0 Å². The van der Waals surface area contributed by atoms with Crippen LogP contribution in [0.4, 0.5) is 0 Å². The van der Waals surface area contributed by atoms with Crippen molar-refractivity contribution in [2.75, 3.05) is 19.9 Å². The molecule has 1 aliphatic rings. The third-order valence-electron chi connectivity index (χ3n) is 4.28. The third-order valence-corrected chi connectivity index (χ3v) is 4.28. The van der Waals surface area contributed by atoms with Gasteiger partial charge in [0.15, 0.2) is 17.5 Å². The number of nitrogens with zero attached hydrogens (tertiary/aromatic N) is 1. The van der Waals surface area contributed by atoms with Gasteiger partial charge in [-0.2, -0.15) is 0 Å². The molecule has 0 bridgehead atoms. The number of aliphatic hydroxyl groups is 1. The highest BCUT2D eigenvalue weighted by Gasteiger charge is 2.13. The normalized spacial score (nSPS) is 14.0. The van der Waals surface area contributed by atoms with Gasteiger partial charge in [-0.3, -0.25) is 0 Å². The van der Waals surface area contributed by atoms with E-state index in [9.17, 15) is 5.11 Å². The number of aliphatic hydroxyl groups excluding tert-OH is 1. The Bertz CT molecular complexity index is 839. The lowest BCUT2D eigenvalue weighted by molar-refractivity contribution is 0.174. The molecule has 1 aliphatic heterocycles. The van der Waals surface area contributed by atoms with Crippen LogP contribution in [-0.4, -0.2) is 37.1 Å². The summed E-state index contributed by atoms with van der Waals surface area (Å²) in [5.41, 5.74) is 1.81. The average molecular weight is 399 g/mol. The Morgan fingerprint density at radius 1 is 1.14 bits per heavy atom. The van der Waals surface area contributed by atoms with Crippen LogP contribution in [0.3, 0.4) is 0 Å². The molecule has 0 amide bonds. The summed E-state index contributed by atoms with van der Waals surface area (Å²) in [6.45, 7) is 7.75. The minimum absolute atomic E-state index is 0.0872. The third kappa shape index (κ3) is 6.02. The molecule has 0 spiro atoms. The fraction of sp³-hybridized carbons (Fsp3) is 0.409. The maximum absolute atomic E-state index is 10.6. The van der Waals surface area contributed by atoms with Gasteiger partial charge in [0.1, 0.15) is 5.75 Å². The Labute approximate surface area is 171 Å². The lowest BCUT2D eigenvalue weighted by atomic mass is 10.1. The highest BCUT2D eigenvalue weighted by Crippen LogP contribution is 2.32. The van der Waals surface area contributed by atoms with Gasteiger partial charge in [-0.15, -0.1) is 0 Å². The zero-order valence-electron chi connectivity index (χ0n) is 17.1. The number of nitrogens with one attached hydrogen (secondary N) is 2. The number of hydrogen-bond acceptors (Lipinski definition) is 5. The van der Waals surface area contributed by atoms with Gasteiger partial charge in [-0.1, -0.05) is 18.2 Å². The Kier molecular flexibility index (Phi) is 7.19. The van der Waals surface area contributed by atoms with E-state index >= 15 is 0 Å². The predicted molar refractivity (Wildman–Crippen MR) is 113 cm³/mol. The molecule has 1 unspecified atom stereocenters. The number of aliphatic imine (C=N–C) groups is 1. The molecule has 0 radical (unpaired) electrons. The van der Waals surface area contributed by atoms with Crippen molar-refractivity contribution in [3.05, 3.63) is 53.6 Å². The summed E-state index contributed by atoms with van der Waals surface area (Å²) in [5, 5.41) is 16.9. The minimum atomic E-state index is -0.680. The van der Waals surface area contributed by atoms with Crippen molar-refractivity contribution in [2.45, 2.75) is 39.5 Å². The molecule has 3 N–H and O–H groups in total. The summed E-state index contributed by atoms with van der Waals surface area (Å²) >= 11 is 0. The minimum Gasteiger partial charge on any atom is -0.491 e. The van der Waals surface area contributed by atoms with Gasteiger partial charge in [0, 0.05) is 13.1 Å². The molecule has 2 aromatic rings. The molecule has 1 atom stereocenters. The average Bonchev–Trinajstić information content (AvgIpc) is 3.17. The Morgan fingerprint density at radius 3 is 2.76 bits per heavy atom. The molecule has 0 aromatic heterocycles. The van der Waals surface area contributed by atoms with Crippen LogP contribution in [0.25, 0.3) is 0 Å². The second-order valence-corrected chi connectivity index (χ2v) is 7.02. The van der Waals surface area contributed by atoms with E-state index in [1.807, 2.05) is 63.2 Å². The zero-order chi connectivity index (χ0) is 20.6. The molecule has 7 nitrogen and oxygen atoms in total. The fourth-order valence-corrected chi connectivity index (χ4v) is 2.93. The Hall–Kier alpha value is -2.93. The van der Waals surface area contributed by atoms with Gasteiger partial charge in [0.25, 0.3) is 0 Å². The van der Waals surface area contributed by atoms with Gasteiger partial charge in [-0.25, -0.2) is 4.99 Å². The standard InChI is InChI=1S/C22H29N3O4/c1-4-23-22(24-12-16-8-9-20-21(10-16)28-14-27-20)25-13-19(26)17-6-5-7-18(11-17)29-15(2)3/h5-11,15,19,26H,4,12-14H2,1-3H3,(H2,23,24,25). The molecular weight excluding hydrogens is 370 g/mol. The second kappa shape index (κ2) is 10.0. The number of benzene rings is 2. The molecule has 7 heteroatoms. The topological polar surface area (TPSA) is 84.3 Å². The summed E-state index contributed by atoms with van der Waals surface area (Å²) in [6, 6.07) is 13.3. The van der Waals surface area contributed by atoms with Crippen LogP contribution in [0.15, 0.2) is 47.5 Å². The molecule has 156 valence electrons. The maximum atomic E-state index is 10.6. The van der Waals surface area contributed by atoms with E-state index in [0.29, 0.717) is 19.0 Å². The summed E-state index contributed by atoms with van der Waals surface area (Å²) in [7, 11) is 0. The molecular formula is C22H29N3O4. The van der Waals surface area contributed by atoms with Crippen LogP contribution in [0.2, 0.25) is 0 Å². The Balaban J connectivity index is 1.59. The lowest BCUT2D eigenvalue weighted by Gasteiger charge is -2.17. The molecule has 0 fully saturated rings. The summed E-state index contributed by atoms with van der Waals surface area (Å²) in [4.78, 5) is 4.59. The first-order chi connectivity index (χ1) is 14.0. The van der Waals surface area contributed by atoms with Crippen molar-refractivity contribution in [2.24, 2.45) is 4.99 Å². The van der Waals surface area contributed by atoms with Crippen molar-refractivity contribution in [1.82, 2.24) is 10.6 Å². The first-order valence-corrected chi connectivity index (χ1v) is 9.90. The second-order valence-electron chi connectivity index (χ2n) is 7.02. The molecule has 29 heavy (non-hydrogen) atoms. The smallest absolute Gasteiger partial charge is 0.231 e. The molecule has 0 saturated carbocycles. The van der Waals surface area contributed by atoms with E-state index in [-0.39, 0.29) is 12.9 Å². The fourth-order valence-electron chi connectivity index (χ4n) is 2.93. The van der Waals surface area contributed by atoms with Crippen molar-refractivity contribution in [1.29, 1.82) is 0 Å². The van der Waals surface area contributed by atoms with Gasteiger partial charge >= 0.3 is 0 Å². The van der Waals surface area contributed by atoms with Crippen molar-refractivity contribution in [3.63, 3.8) is 0 Å². The van der Waals surface area contributed by atoms with Crippen molar-refractivity contribution in [3.8, 4) is 17.2 Å². The predicted octanol–water partition coefficient (Wildman–Crippen LogP) is 2.99. The highest BCUT2D eigenvalue weighted by molar-refractivity contribution is 5.79. The van der Waals surface area contributed by atoms with Crippen LogP contribution in [-0.2, 0) is 6.54 Å². The van der Waals surface area contributed by atoms with E-state index in [2.05, 4.69) is 15.6 Å². The molecule has 3 rings (SSSR count).